The van der Waals surface area contributed by atoms with E-state index in [0.717, 1.165) is 3.79 Å². The molecule has 7 heteroatoms. The predicted molar refractivity (Wildman–Crippen MR) is 71.5 cm³/mol. The molecule has 4 N–H and O–H groups in total. The van der Waals surface area contributed by atoms with E-state index in [9.17, 15) is 4.79 Å². The highest BCUT2D eigenvalue weighted by molar-refractivity contribution is 9.11. The number of hydrogen-bond donors (Lipinski definition) is 3. The molecule has 0 spiro atoms. The highest BCUT2D eigenvalue weighted by Crippen LogP contribution is 2.22. The molecule has 1 rings (SSSR count). The highest BCUT2D eigenvalue weighted by atomic mass is 79.9. The van der Waals surface area contributed by atoms with Crippen LogP contribution in [0.15, 0.2) is 21.1 Å². The number of thiophene rings is 1. The van der Waals surface area contributed by atoms with E-state index in [4.69, 9.17) is 10.9 Å². The fourth-order valence-electron chi connectivity index (χ4n) is 1.05. The number of nitrogens with zero attached hydrogens (tertiary/aromatic N) is 1. The molecule has 0 bridgehead atoms. The van der Waals surface area contributed by atoms with Crippen LogP contribution in [-0.4, -0.2) is 23.5 Å². The molecule has 1 heterocycles. The molecule has 0 saturated carbocycles. The minimum absolute atomic E-state index is 0.0881. The van der Waals surface area contributed by atoms with Gasteiger partial charge in [-0.05, 0) is 28.1 Å². The van der Waals surface area contributed by atoms with Gasteiger partial charge in [-0.25, -0.2) is 0 Å². The maximum atomic E-state index is 11.8. The maximum Gasteiger partial charge on any atom is 0.261 e. The quantitative estimate of drug-likeness (QED) is 0.343. The second kappa shape index (κ2) is 5.50. The largest absolute Gasteiger partial charge is 0.409 e. The van der Waals surface area contributed by atoms with Gasteiger partial charge in [0.25, 0.3) is 5.91 Å². The van der Waals surface area contributed by atoms with E-state index in [1.54, 1.807) is 19.9 Å². The van der Waals surface area contributed by atoms with E-state index >= 15 is 0 Å². The van der Waals surface area contributed by atoms with Gasteiger partial charge in [0.1, 0.15) is 5.84 Å². The van der Waals surface area contributed by atoms with Crippen molar-refractivity contribution in [1.82, 2.24) is 5.32 Å². The van der Waals surface area contributed by atoms with Gasteiger partial charge in [0, 0.05) is 12.0 Å². The zero-order valence-electron chi connectivity index (χ0n) is 9.53. The molecule has 17 heavy (non-hydrogen) atoms. The molecule has 0 atom stereocenters. The summed E-state index contributed by atoms with van der Waals surface area (Å²) in [7, 11) is 0. The monoisotopic (exact) mass is 319 g/mol. The van der Waals surface area contributed by atoms with Crippen molar-refractivity contribution < 1.29 is 10.0 Å². The Hall–Kier alpha value is -1.08. The van der Waals surface area contributed by atoms with Gasteiger partial charge in [-0.15, -0.1) is 11.3 Å². The van der Waals surface area contributed by atoms with E-state index in [0.29, 0.717) is 11.4 Å². The lowest BCUT2D eigenvalue weighted by atomic mass is 9.92. The van der Waals surface area contributed by atoms with Crippen LogP contribution in [0.5, 0.6) is 0 Å². The summed E-state index contributed by atoms with van der Waals surface area (Å²) < 4.78 is 0.901. The first-order valence-electron chi connectivity index (χ1n) is 4.88. The average molecular weight is 320 g/mol. The van der Waals surface area contributed by atoms with E-state index in [-0.39, 0.29) is 11.7 Å². The van der Waals surface area contributed by atoms with E-state index in [1.165, 1.54) is 11.3 Å². The number of halogens is 1. The normalized spacial score (nSPS) is 12.5. The van der Waals surface area contributed by atoms with Crippen LogP contribution in [0, 0.1) is 5.41 Å². The van der Waals surface area contributed by atoms with Crippen molar-refractivity contribution in [1.29, 1.82) is 0 Å². The number of amides is 1. The van der Waals surface area contributed by atoms with Crippen molar-refractivity contribution in [2.24, 2.45) is 16.3 Å². The van der Waals surface area contributed by atoms with Gasteiger partial charge in [-0.2, -0.15) is 0 Å². The fourth-order valence-corrected chi connectivity index (χ4v) is 2.35. The fraction of sp³-hybridized carbons (Fsp3) is 0.400. The number of hydrogen-bond acceptors (Lipinski definition) is 4. The third kappa shape index (κ3) is 3.71. The molecule has 0 saturated heterocycles. The Balaban J connectivity index is 2.60. The molecule has 0 aliphatic heterocycles. The molecular formula is C10H14BrN3O2S. The molecule has 5 nitrogen and oxygen atoms in total. The van der Waals surface area contributed by atoms with Crippen molar-refractivity contribution in [3.05, 3.63) is 20.8 Å². The van der Waals surface area contributed by atoms with Crippen molar-refractivity contribution in [2.45, 2.75) is 13.8 Å². The van der Waals surface area contributed by atoms with Gasteiger partial charge >= 0.3 is 0 Å². The van der Waals surface area contributed by atoms with Crippen molar-refractivity contribution in [3.8, 4) is 0 Å². The Morgan fingerprint density at radius 1 is 1.65 bits per heavy atom. The zero-order chi connectivity index (χ0) is 13.1. The average Bonchev–Trinajstić information content (AvgIpc) is 2.71. The Morgan fingerprint density at radius 3 is 2.76 bits per heavy atom. The maximum absolute atomic E-state index is 11.8. The summed E-state index contributed by atoms with van der Waals surface area (Å²) >= 11 is 4.65. The van der Waals surface area contributed by atoms with E-state index in [2.05, 4.69) is 26.4 Å². The second-order valence-corrected chi connectivity index (χ2v) is 6.62. The minimum Gasteiger partial charge on any atom is -0.409 e. The first-order valence-corrected chi connectivity index (χ1v) is 6.49. The Bertz CT molecular complexity index is 443. The lowest BCUT2D eigenvalue weighted by Gasteiger charge is -2.22. The Labute approximate surface area is 112 Å². The summed E-state index contributed by atoms with van der Waals surface area (Å²) in [6.07, 6.45) is 0. The summed E-state index contributed by atoms with van der Waals surface area (Å²) in [5.74, 6) is -0.0790. The lowest BCUT2D eigenvalue weighted by molar-refractivity contribution is 0.0948. The highest BCUT2D eigenvalue weighted by Gasteiger charge is 2.24. The predicted octanol–water partition coefficient (Wildman–Crippen LogP) is 2.01. The van der Waals surface area contributed by atoms with Crippen LogP contribution in [0.3, 0.4) is 0 Å². The zero-order valence-corrected chi connectivity index (χ0v) is 11.9. The van der Waals surface area contributed by atoms with Gasteiger partial charge in [0.2, 0.25) is 0 Å². The van der Waals surface area contributed by atoms with Crippen LogP contribution < -0.4 is 11.1 Å². The van der Waals surface area contributed by atoms with Gasteiger partial charge < -0.3 is 16.3 Å². The number of carbonyl (C=O) groups is 1. The third-order valence-corrected chi connectivity index (χ3v) is 3.91. The van der Waals surface area contributed by atoms with Crippen LogP contribution in [0.2, 0.25) is 0 Å². The molecule has 0 aliphatic rings. The van der Waals surface area contributed by atoms with Crippen LogP contribution in [-0.2, 0) is 0 Å². The topological polar surface area (TPSA) is 87.7 Å². The molecule has 0 aromatic carbocycles. The first kappa shape index (κ1) is 14.0. The van der Waals surface area contributed by atoms with Crippen LogP contribution in [0.1, 0.15) is 23.5 Å². The van der Waals surface area contributed by atoms with Crippen molar-refractivity contribution >= 4 is 39.0 Å². The van der Waals surface area contributed by atoms with E-state index in [1.807, 2.05) is 6.07 Å². The summed E-state index contributed by atoms with van der Waals surface area (Å²) in [4.78, 5) is 12.4. The molecule has 0 aliphatic carbocycles. The molecule has 0 unspecified atom stereocenters. The van der Waals surface area contributed by atoms with Crippen molar-refractivity contribution in [2.75, 3.05) is 6.54 Å². The number of oxime groups is 1. The number of amidine groups is 1. The van der Waals surface area contributed by atoms with Crippen LogP contribution in [0.4, 0.5) is 0 Å². The van der Waals surface area contributed by atoms with E-state index < -0.39 is 5.41 Å². The standard InChI is InChI=1S/C10H14BrN3O2S/c1-10(2,9(12)14-16)5-13-8(15)6-3-4-7(11)17-6/h3-4,16H,5H2,1-2H3,(H2,12,14)(H,13,15). The number of carbonyl (C=O) groups excluding carboxylic acids is 1. The van der Waals surface area contributed by atoms with Crippen molar-refractivity contribution in [3.63, 3.8) is 0 Å². The molecular weight excluding hydrogens is 306 g/mol. The summed E-state index contributed by atoms with van der Waals surface area (Å²) in [6.45, 7) is 3.87. The summed E-state index contributed by atoms with van der Waals surface area (Å²) in [5, 5.41) is 14.3. The van der Waals surface area contributed by atoms with Crippen LogP contribution >= 0.6 is 27.3 Å². The van der Waals surface area contributed by atoms with Gasteiger partial charge in [-0.1, -0.05) is 19.0 Å². The second-order valence-electron chi connectivity index (χ2n) is 4.16. The molecule has 1 amide bonds. The SMILES string of the molecule is CC(C)(CNC(=O)c1ccc(Br)s1)/C(N)=N/O. The third-order valence-electron chi connectivity index (χ3n) is 2.29. The van der Waals surface area contributed by atoms with Crippen LogP contribution in [0.25, 0.3) is 0 Å². The number of nitrogens with one attached hydrogen (secondary N) is 1. The van der Waals surface area contributed by atoms with Gasteiger partial charge in [0.05, 0.1) is 8.66 Å². The number of nitrogens with two attached hydrogens (primary N) is 1. The summed E-state index contributed by atoms with van der Waals surface area (Å²) in [6, 6.07) is 3.55. The smallest absolute Gasteiger partial charge is 0.261 e. The lowest BCUT2D eigenvalue weighted by Crippen LogP contribution is -2.42. The molecule has 1 aromatic heterocycles. The first-order chi connectivity index (χ1) is 7.86. The molecule has 0 fully saturated rings. The minimum atomic E-state index is -0.584. The molecule has 94 valence electrons. The number of rotatable bonds is 4. The Morgan fingerprint density at radius 2 is 2.29 bits per heavy atom. The van der Waals surface area contributed by atoms with Gasteiger partial charge in [-0.3, -0.25) is 4.79 Å². The molecule has 0 radical (unpaired) electrons. The Kier molecular flexibility index (Phi) is 4.53. The summed E-state index contributed by atoms with van der Waals surface area (Å²) in [5.41, 5.74) is 4.94. The van der Waals surface area contributed by atoms with Gasteiger partial charge in [0.15, 0.2) is 0 Å². The molecule has 1 aromatic rings.